The third-order valence-corrected chi connectivity index (χ3v) is 3.55. The van der Waals surface area contributed by atoms with E-state index >= 15 is 0 Å². The van der Waals surface area contributed by atoms with Crippen molar-refractivity contribution < 1.29 is 9.53 Å². The Balaban J connectivity index is 1.87. The molecule has 2 N–H and O–H groups in total. The lowest BCUT2D eigenvalue weighted by atomic mass is 10.1. The van der Waals surface area contributed by atoms with Crippen LogP contribution in [-0.4, -0.2) is 19.1 Å². The number of nitrogens with one attached hydrogen (secondary N) is 2. The van der Waals surface area contributed by atoms with Gasteiger partial charge in [-0.05, 0) is 55.7 Å². The quantitative estimate of drug-likeness (QED) is 0.808. The van der Waals surface area contributed by atoms with Crippen LogP contribution in [0.25, 0.3) is 0 Å². The summed E-state index contributed by atoms with van der Waals surface area (Å²) < 4.78 is 5.58. The van der Waals surface area contributed by atoms with E-state index in [0.717, 1.165) is 29.1 Å². The maximum absolute atomic E-state index is 12.0. The molecule has 0 aliphatic carbocycles. The minimum absolute atomic E-state index is 0.0758. The summed E-state index contributed by atoms with van der Waals surface area (Å²) in [6.07, 6.45) is 0.968. The molecule has 0 aromatic heterocycles. The SMILES string of the molecule is CCCOc1cccc(NCC(=O)Nc2ccc(C)c(C)c2)c1. The topological polar surface area (TPSA) is 50.4 Å². The monoisotopic (exact) mass is 312 g/mol. The van der Waals surface area contributed by atoms with Crippen LogP contribution in [0.3, 0.4) is 0 Å². The van der Waals surface area contributed by atoms with Gasteiger partial charge in [-0.25, -0.2) is 0 Å². The van der Waals surface area contributed by atoms with Gasteiger partial charge in [-0.1, -0.05) is 19.1 Å². The zero-order valence-electron chi connectivity index (χ0n) is 14.0. The molecule has 122 valence electrons. The van der Waals surface area contributed by atoms with Crippen LogP contribution in [0.1, 0.15) is 24.5 Å². The Hall–Kier alpha value is -2.49. The number of ether oxygens (including phenoxy) is 1. The number of carbonyl (C=O) groups excluding carboxylic acids is 1. The fourth-order valence-corrected chi connectivity index (χ4v) is 2.12. The largest absolute Gasteiger partial charge is 0.494 e. The number of benzene rings is 2. The van der Waals surface area contributed by atoms with Gasteiger partial charge in [0.2, 0.25) is 5.91 Å². The Morgan fingerprint density at radius 3 is 2.61 bits per heavy atom. The molecule has 4 nitrogen and oxygen atoms in total. The molecule has 0 saturated carbocycles. The molecule has 2 rings (SSSR count). The Morgan fingerprint density at radius 2 is 1.87 bits per heavy atom. The first-order chi connectivity index (χ1) is 11.1. The number of aryl methyl sites for hydroxylation is 2. The van der Waals surface area contributed by atoms with Gasteiger partial charge in [-0.3, -0.25) is 4.79 Å². The molecular weight excluding hydrogens is 288 g/mol. The predicted octanol–water partition coefficient (Wildman–Crippen LogP) is 4.14. The van der Waals surface area contributed by atoms with E-state index in [2.05, 4.69) is 24.5 Å². The number of hydrogen-bond acceptors (Lipinski definition) is 3. The van der Waals surface area contributed by atoms with Crippen molar-refractivity contribution in [3.05, 3.63) is 53.6 Å². The molecule has 0 spiro atoms. The molecule has 2 aromatic rings. The van der Waals surface area contributed by atoms with E-state index in [4.69, 9.17) is 4.74 Å². The van der Waals surface area contributed by atoms with Crippen LogP contribution in [0.15, 0.2) is 42.5 Å². The highest BCUT2D eigenvalue weighted by Gasteiger charge is 2.04. The third-order valence-electron chi connectivity index (χ3n) is 3.55. The molecule has 0 aliphatic heterocycles. The molecule has 0 heterocycles. The van der Waals surface area contributed by atoms with Crippen molar-refractivity contribution in [1.82, 2.24) is 0 Å². The van der Waals surface area contributed by atoms with E-state index in [1.54, 1.807) is 0 Å². The van der Waals surface area contributed by atoms with E-state index < -0.39 is 0 Å². The number of hydrogen-bond donors (Lipinski definition) is 2. The van der Waals surface area contributed by atoms with Crippen LogP contribution in [0.4, 0.5) is 11.4 Å². The fraction of sp³-hybridized carbons (Fsp3) is 0.316. The van der Waals surface area contributed by atoms with Crippen LogP contribution < -0.4 is 15.4 Å². The van der Waals surface area contributed by atoms with Crippen LogP contribution in [0.2, 0.25) is 0 Å². The average molecular weight is 312 g/mol. The number of rotatable bonds is 7. The molecule has 0 aliphatic rings. The van der Waals surface area contributed by atoms with Crippen molar-refractivity contribution in [2.45, 2.75) is 27.2 Å². The second-order valence-electron chi connectivity index (χ2n) is 5.58. The summed E-state index contributed by atoms with van der Waals surface area (Å²) in [6.45, 7) is 7.06. The van der Waals surface area contributed by atoms with Crippen molar-refractivity contribution >= 4 is 17.3 Å². The molecule has 1 amide bonds. The van der Waals surface area contributed by atoms with Gasteiger partial charge in [0.1, 0.15) is 5.75 Å². The van der Waals surface area contributed by atoms with Crippen LogP contribution >= 0.6 is 0 Å². The zero-order valence-corrected chi connectivity index (χ0v) is 14.0. The lowest BCUT2D eigenvalue weighted by Gasteiger charge is -2.10. The Bertz CT molecular complexity index is 668. The molecule has 0 radical (unpaired) electrons. The molecule has 0 atom stereocenters. The molecule has 4 heteroatoms. The van der Waals surface area contributed by atoms with Crippen LogP contribution in [-0.2, 0) is 4.79 Å². The average Bonchev–Trinajstić information content (AvgIpc) is 2.55. The highest BCUT2D eigenvalue weighted by Crippen LogP contribution is 2.18. The number of amides is 1. The zero-order chi connectivity index (χ0) is 16.7. The van der Waals surface area contributed by atoms with Crippen molar-refractivity contribution in [3.8, 4) is 5.75 Å². The normalized spacial score (nSPS) is 10.2. The van der Waals surface area contributed by atoms with Gasteiger partial charge < -0.3 is 15.4 Å². The van der Waals surface area contributed by atoms with Gasteiger partial charge in [0.15, 0.2) is 0 Å². The first kappa shape index (κ1) is 16.9. The summed E-state index contributed by atoms with van der Waals surface area (Å²) in [4.78, 5) is 12.0. The van der Waals surface area contributed by atoms with Gasteiger partial charge in [0.05, 0.1) is 13.2 Å². The van der Waals surface area contributed by atoms with Gasteiger partial charge in [-0.15, -0.1) is 0 Å². The van der Waals surface area contributed by atoms with Crippen molar-refractivity contribution in [2.75, 3.05) is 23.8 Å². The minimum atomic E-state index is -0.0758. The third kappa shape index (κ3) is 5.33. The maximum Gasteiger partial charge on any atom is 0.243 e. The molecule has 0 unspecified atom stereocenters. The van der Waals surface area contributed by atoms with E-state index in [1.165, 1.54) is 5.56 Å². The highest BCUT2D eigenvalue weighted by atomic mass is 16.5. The van der Waals surface area contributed by atoms with Gasteiger partial charge >= 0.3 is 0 Å². The molecule has 0 fully saturated rings. The lowest BCUT2D eigenvalue weighted by Crippen LogP contribution is -2.21. The second kappa shape index (κ2) is 8.22. The Labute approximate surface area is 137 Å². The van der Waals surface area contributed by atoms with E-state index in [1.807, 2.05) is 49.4 Å². The van der Waals surface area contributed by atoms with Gasteiger partial charge in [0, 0.05) is 17.4 Å². The Morgan fingerprint density at radius 1 is 1.04 bits per heavy atom. The first-order valence-electron chi connectivity index (χ1n) is 7.92. The summed E-state index contributed by atoms with van der Waals surface area (Å²) in [5, 5.41) is 6.01. The maximum atomic E-state index is 12.0. The predicted molar refractivity (Wildman–Crippen MR) is 95.3 cm³/mol. The van der Waals surface area contributed by atoms with E-state index in [0.29, 0.717) is 6.61 Å². The standard InChI is InChI=1S/C19H24N2O2/c1-4-10-23-18-7-5-6-16(12-18)20-13-19(22)21-17-9-8-14(2)15(3)11-17/h5-9,11-12,20H,4,10,13H2,1-3H3,(H,21,22). The summed E-state index contributed by atoms with van der Waals surface area (Å²) in [5.41, 5.74) is 4.07. The number of carbonyl (C=O) groups is 1. The smallest absolute Gasteiger partial charge is 0.243 e. The summed E-state index contributed by atoms with van der Waals surface area (Å²) >= 11 is 0. The molecule has 2 aromatic carbocycles. The summed E-state index contributed by atoms with van der Waals surface area (Å²) in [6, 6.07) is 13.5. The number of anilines is 2. The highest BCUT2D eigenvalue weighted by molar-refractivity contribution is 5.93. The van der Waals surface area contributed by atoms with Crippen molar-refractivity contribution in [1.29, 1.82) is 0 Å². The molecule has 23 heavy (non-hydrogen) atoms. The first-order valence-corrected chi connectivity index (χ1v) is 7.92. The van der Waals surface area contributed by atoms with Crippen molar-refractivity contribution in [3.63, 3.8) is 0 Å². The molecule has 0 saturated heterocycles. The van der Waals surface area contributed by atoms with E-state index in [-0.39, 0.29) is 12.5 Å². The minimum Gasteiger partial charge on any atom is -0.494 e. The van der Waals surface area contributed by atoms with Crippen LogP contribution in [0, 0.1) is 13.8 Å². The Kier molecular flexibility index (Phi) is 6.03. The lowest BCUT2D eigenvalue weighted by molar-refractivity contribution is -0.114. The van der Waals surface area contributed by atoms with Crippen molar-refractivity contribution in [2.24, 2.45) is 0 Å². The summed E-state index contributed by atoms with van der Waals surface area (Å²) in [5.74, 6) is 0.736. The van der Waals surface area contributed by atoms with Gasteiger partial charge in [0.25, 0.3) is 0 Å². The fourth-order valence-electron chi connectivity index (χ4n) is 2.12. The summed E-state index contributed by atoms with van der Waals surface area (Å²) in [7, 11) is 0. The molecular formula is C19H24N2O2. The molecule has 0 bridgehead atoms. The van der Waals surface area contributed by atoms with E-state index in [9.17, 15) is 4.79 Å². The van der Waals surface area contributed by atoms with Gasteiger partial charge in [-0.2, -0.15) is 0 Å². The second-order valence-corrected chi connectivity index (χ2v) is 5.58. The van der Waals surface area contributed by atoms with Crippen LogP contribution in [0.5, 0.6) is 5.75 Å².